The number of rotatable bonds is 2. The van der Waals surface area contributed by atoms with Crippen LogP contribution in [0, 0.1) is 17.2 Å². The van der Waals surface area contributed by atoms with Gasteiger partial charge in [-0.2, -0.15) is 5.26 Å². The predicted molar refractivity (Wildman–Crippen MR) is 77.5 cm³/mol. The topological polar surface area (TPSA) is 71.3 Å². The Morgan fingerprint density at radius 2 is 1.89 bits per heavy atom. The van der Waals surface area contributed by atoms with Gasteiger partial charge in [0.1, 0.15) is 12.1 Å². The summed E-state index contributed by atoms with van der Waals surface area (Å²) in [4.78, 5) is 2.00. The van der Waals surface area contributed by atoms with E-state index in [1.807, 2.05) is 43.3 Å². The molecule has 0 unspecified atom stereocenters. The predicted octanol–water partition coefficient (Wildman–Crippen LogP) is 0.730. The lowest BCUT2D eigenvalue weighted by molar-refractivity contribution is 0.0896. The maximum Gasteiger partial charge on any atom is 0.168 e. The molecule has 1 aliphatic rings. The standard InChI is InChI=1S/C13H16N4OS/c1-17(2)9-5-3-8(4-6-9)11-10(7-14)12(18)16-13(19)15-11/h3-6,10-12,18H,1-2H3,(H2,15,16,19)/t10-,11-,12+/m1/s1. The summed E-state index contributed by atoms with van der Waals surface area (Å²) >= 11 is 5.03. The van der Waals surface area contributed by atoms with E-state index in [1.54, 1.807) is 0 Å². The molecule has 0 aromatic heterocycles. The number of nitrogens with zero attached hydrogens (tertiary/aromatic N) is 2. The number of hydrogen-bond donors (Lipinski definition) is 3. The molecule has 1 heterocycles. The van der Waals surface area contributed by atoms with E-state index >= 15 is 0 Å². The summed E-state index contributed by atoms with van der Waals surface area (Å²) in [7, 11) is 3.93. The van der Waals surface area contributed by atoms with E-state index < -0.39 is 12.1 Å². The zero-order valence-corrected chi connectivity index (χ0v) is 11.6. The van der Waals surface area contributed by atoms with Gasteiger partial charge in [0.15, 0.2) is 5.11 Å². The second-order valence-corrected chi connectivity index (χ2v) is 5.09. The second-order valence-electron chi connectivity index (χ2n) is 4.68. The summed E-state index contributed by atoms with van der Waals surface area (Å²) in [6, 6.07) is 9.65. The normalized spacial score (nSPS) is 26.0. The van der Waals surface area contributed by atoms with Crippen molar-refractivity contribution in [3.63, 3.8) is 0 Å². The molecule has 1 fully saturated rings. The maximum atomic E-state index is 9.84. The zero-order chi connectivity index (χ0) is 14.0. The number of nitriles is 1. The molecule has 2 rings (SSSR count). The van der Waals surface area contributed by atoms with E-state index in [9.17, 15) is 10.4 Å². The molecule has 5 nitrogen and oxygen atoms in total. The third-order valence-corrected chi connectivity index (χ3v) is 3.42. The number of hydrogen-bond acceptors (Lipinski definition) is 4. The number of benzene rings is 1. The Bertz CT molecular complexity index is 508. The highest BCUT2D eigenvalue weighted by atomic mass is 32.1. The molecule has 3 atom stereocenters. The van der Waals surface area contributed by atoms with Crippen LogP contribution < -0.4 is 15.5 Å². The second kappa shape index (κ2) is 5.43. The molecule has 3 N–H and O–H groups in total. The average molecular weight is 276 g/mol. The van der Waals surface area contributed by atoms with Crippen molar-refractivity contribution in [1.29, 1.82) is 5.26 Å². The Morgan fingerprint density at radius 1 is 1.26 bits per heavy atom. The van der Waals surface area contributed by atoms with Crippen molar-refractivity contribution in [2.45, 2.75) is 12.3 Å². The van der Waals surface area contributed by atoms with Crippen LogP contribution in [0.3, 0.4) is 0 Å². The first-order valence-electron chi connectivity index (χ1n) is 5.95. The largest absolute Gasteiger partial charge is 0.378 e. The van der Waals surface area contributed by atoms with Crippen molar-refractivity contribution in [1.82, 2.24) is 10.6 Å². The first-order valence-corrected chi connectivity index (χ1v) is 6.35. The fraction of sp³-hybridized carbons (Fsp3) is 0.385. The highest BCUT2D eigenvalue weighted by Gasteiger charge is 2.34. The van der Waals surface area contributed by atoms with E-state index in [0.29, 0.717) is 5.11 Å². The van der Waals surface area contributed by atoms with E-state index in [1.165, 1.54) is 0 Å². The van der Waals surface area contributed by atoms with Crippen molar-refractivity contribution in [3.8, 4) is 6.07 Å². The molecule has 19 heavy (non-hydrogen) atoms. The lowest BCUT2D eigenvalue weighted by Gasteiger charge is -2.34. The van der Waals surface area contributed by atoms with Gasteiger partial charge in [-0.3, -0.25) is 0 Å². The van der Waals surface area contributed by atoms with Crippen LogP contribution >= 0.6 is 12.2 Å². The van der Waals surface area contributed by atoms with E-state index in [-0.39, 0.29) is 6.04 Å². The maximum absolute atomic E-state index is 9.84. The van der Waals surface area contributed by atoms with Gasteiger partial charge in [-0.1, -0.05) is 12.1 Å². The van der Waals surface area contributed by atoms with Gasteiger partial charge in [-0.25, -0.2) is 0 Å². The monoisotopic (exact) mass is 276 g/mol. The lowest BCUT2D eigenvalue weighted by Crippen LogP contribution is -2.55. The van der Waals surface area contributed by atoms with Crippen molar-refractivity contribution < 1.29 is 5.11 Å². The number of thiocarbonyl (C=S) groups is 1. The van der Waals surface area contributed by atoms with E-state index in [4.69, 9.17) is 12.2 Å². The molecule has 100 valence electrons. The van der Waals surface area contributed by atoms with Crippen LogP contribution in [0.4, 0.5) is 5.69 Å². The summed E-state index contributed by atoms with van der Waals surface area (Å²) in [5.41, 5.74) is 2.01. The number of nitrogens with one attached hydrogen (secondary N) is 2. The molecule has 1 aliphatic heterocycles. The van der Waals surface area contributed by atoms with Gasteiger partial charge in [0, 0.05) is 19.8 Å². The van der Waals surface area contributed by atoms with Gasteiger partial charge in [0.25, 0.3) is 0 Å². The van der Waals surface area contributed by atoms with Crippen molar-refractivity contribution in [2.75, 3.05) is 19.0 Å². The summed E-state index contributed by atoms with van der Waals surface area (Å²) in [5, 5.41) is 25.1. The zero-order valence-electron chi connectivity index (χ0n) is 10.8. The van der Waals surface area contributed by atoms with Crippen LogP contribution in [0.15, 0.2) is 24.3 Å². The van der Waals surface area contributed by atoms with Crippen LogP contribution in [-0.2, 0) is 0 Å². The first kappa shape index (κ1) is 13.6. The van der Waals surface area contributed by atoms with Gasteiger partial charge in [-0.05, 0) is 29.9 Å². The molecule has 1 saturated heterocycles. The number of aliphatic hydroxyl groups excluding tert-OH is 1. The lowest BCUT2D eigenvalue weighted by atomic mass is 9.91. The molecule has 0 aliphatic carbocycles. The van der Waals surface area contributed by atoms with Crippen LogP contribution in [0.1, 0.15) is 11.6 Å². The van der Waals surface area contributed by atoms with Crippen molar-refractivity contribution >= 4 is 23.0 Å². The van der Waals surface area contributed by atoms with Crippen LogP contribution in [-0.4, -0.2) is 30.5 Å². The SMILES string of the molecule is CN(C)c1ccc([C@H]2NC(=S)N[C@@H](O)[C@@H]2C#N)cc1. The molecule has 0 bridgehead atoms. The minimum absolute atomic E-state index is 0.301. The summed E-state index contributed by atoms with van der Waals surface area (Å²) in [6.45, 7) is 0. The number of aliphatic hydroxyl groups is 1. The average Bonchev–Trinajstić information content (AvgIpc) is 2.38. The minimum atomic E-state index is -0.947. The van der Waals surface area contributed by atoms with Gasteiger partial charge >= 0.3 is 0 Å². The molecular formula is C13H16N4OS. The van der Waals surface area contributed by atoms with Crippen molar-refractivity contribution in [2.24, 2.45) is 5.92 Å². The van der Waals surface area contributed by atoms with Crippen LogP contribution in [0.25, 0.3) is 0 Å². The quantitative estimate of drug-likeness (QED) is 0.692. The third kappa shape index (κ3) is 2.78. The highest BCUT2D eigenvalue weighted by Crippen LogP contribution is 2.27. The van der Waals surface area contributed by atoms with Gasteiger partial charge in [-0.15, -0.1) is 0 Å². The first-order chi connectivity index (χ1) is 9.02. The molecule has 6 heteroatoms. The minimum Gasteiger partial charge on any atom is -0.378 e. The fourth-order valence-corrected chi connectivity index (χ4v) is 2.34. The van der Waals surface area contributed by atoms with Gasteiger partial charge in [0.2, 0.25) is 0 Å². The fourth-order valence-electron chi connectivity index (χ4n) is 2.09. The molecule has 0 saturated carbocycles. The molecule has 0 radical (unpaired) electrons. The molecule has 1 aromatic carbocycles. The Kier molecular flexibility index (Phi) is 3.88. The summed E-state index contributed by atoms with van der Waals surface area (Å²) in [6.07, 6.45) is -0.947. The smallest absolute Gasteiger partial charge is 0.168 e. The van der Waals surface area contributed by atoms with E-state index in [2.05, 4.69) is 16.7 Å². The molecule has 0 amide bonds. The van der Waals surface area contributed by atoms with Crippen LogP contribution in [0.2, 0.25) is 0 Å². The van der Waals surface area contributed by atoms with Crippen molar-refractivity contribution in [3.05, 3.63) is 29.8 Å². The van der Waals surface area contributed by atoms with E-state index in [0.717, 1.165) is 11.3 Å². The Morgan fingerprint density at radius 3 is 2.42 bits per heavy atom. The Balaban J connectivity index is 2.28. The Labute approximate surface area is 117 Å². The van der Waals surface area contributed by atoms with Gasteiger partial charge < -0.3 is 20.6 Å². The Hall–Kier alpha value is -1.84. The highest BCUT2D eigenvalue weighted by molar-refractivity contribution is 7.80. The van der Waals surface area contributed by atoms with Crippen LogP contribution in [0.5, 0.6) is 0 Å². The molecule has 1 aromatic rings. The van der Waals surface area contributed by atoms with Gasteiger partial charge in [0.05, 0.1) is 12.1 Å². The molecular weight excluding hydrogens is 260 g/mol. The summed E-state index contributed by atoms with van der Waals surface area (Å²) in [5.74, 6) is -0.586. The molecule has 0 spiro atoms. The third-order valence-electron chi connectivity index (χ3n) is 3.18. The summed E-state index contributed by atoms with van der Waals surface area (Å²) < 4.78 is 0. The number of anilines is 1.